The van der Waals surface area contributed by atoms with Crippen molar-refractivity contribution in [2.45, 2.75) is 6.92 Å². The fraction of sp³-hybridized carbons (Fsp3) is 0.0833. The van der Waals surface area contributed by atoms with Crippen LogP contribution < -0.4 is 4.74 Å². The van der Waals surface area contributed by atoms with E-state index >= 15 is 0 Å². The number of aromatic nitrogens is 1. The summed E-state index contributed by atoms with van der Waals surface area (Å²) in [6, 6.07) is 8.30. The summed E-state index contributed by atoms with van der Waals surface area (Å²) in [5, 5.41) is 10.8. The van der Waals surface area contributed by atoms with Gasteiger partial charge in [-0.25, -0.2) is 4.98 Å². The summed E-state index contributed by atoms with van der Waals surface area (Å²) in [7, 11) is 0. The van der Waals surface area contributed by atoms with Gasteiger partial charge in [-0.15, -0.1) is 0 Å². The van der Waals surface area contributed by atoms with Crippen molar-refractivity contribution in [1.82, 2.24) is 4.98 Å². The number of rotatable bonds is 3. The van der Waals surface area contributed by atoms with Crippen molar-refractivity contribution in [2.75, 3.05) is 0 Å². The number of hydrogen-bond acceptors (Lipinski definition) is 4. The Kier molecular flexibility index (Phi) is 3.57. The Hall–Kier alpha value is -1.95. The average molecular weight is 309 g/mol. The van der Waals surface area contributed by atoms with Crippen LogP contribution in [0.25, 0.3) is 0 Å². The second-order valence-corrected chi connectivity index (χ2v) is 4.48. The summed E-state index contributed by atoms with van der Waals surface area (Å²) in [5.74, 6) is 0.467. The van der Waals surface area contributed by atoms with Crippen molar-refractivity contribution in [3.63, 3.8) is 0 Å². The van der Waals surface area contributed by atoms with E-state index in [1.165, 1.54) is 18.3 Å². The van der Waals surface area contributed by atoms with E-state index in [0.29, 0.717) is 5.75 Å². The molecule has 0 bridgehead atoms. The van der Waals surface area contributed by atoms with Crippen molar-refractivity contribution < 1.29 is 9.66 Å². The first kappa shape index (κ1) is 12.5. The zero-order valence-electron chi connectivity index (χ0n) is 9.46. The lowest BCUT2D eigenvalue weighted by molar-refractivity contribution is -0.386. The summed E-state index contributed by atoms with van der Waals surface area (Å²) in [5.41, 5.74) is 0.898. The van der Waals surface area contributed by atoms with Crippen LogP contribution in [-0.2, 0) is 0 Å². The highest BCUT2D eigenvalue weighted by atomic mass is 79.9. The van der Waals surface area contributed by atoms with Gasteiger partial charge in [0.15, 0.2) is 0 Å². The lowest BCUT2D eigenvalue weighted by Crippen LogP contribution is -1.95. The Morgan fingerprint density at radius 1 is 1.39 bits per heavy atom. The molecule has 0 radical (unpaired) electrons. The molecule has 0 aliphatic carbocycles. The van der Waals surface area contributed by atoms with Crippen molar-refractivity contribution >= 4 is 21.6 Å². The molecule has 0 unspecified atom stereocenters. The molecule has 1 aromatic carbocycles. The molecule has 1 heterocycles. The molecule has 0 aliphatic heterocycles. The summed E-state index contributed by atoms with van der Waals surface area (Å²) in [4.78, 5) is 14.2. The van der Waals surface area contributed by atoms with E-state index < -0.39 is 4.92 Å². The largest absolute Gasteiger partial charge is 0.432 e. The SMILES string of the molecule is Cc1ccc(Oc2ncccc2[N+](=O)[O-])c(Br)c1. The molecule has 0 amide bonds. The van der Waals surface area contributed by atoms with Gasteiger partial charge in [0.2, 0.25) is 0 Å². The zero-order chi connectivity index (χ0) is 13.1. The van der Waals surface area contributed by atoms with Crippen LogP contribution in [0.1, 0.15) is 5.56 Å². The van der Waals surface area contributed by atoms with Crippen LogP contribution in [0.4, 0.5) is 5.69 Å². The lowest BCUT2D eigenvalue weighted by Gasteiger charge is -2.07. The minimum absolute atomic E-state index is 0.0212. The van der Waals surface area contributed by atoms with Gasteiger partial charge >= 0.3 is 5.69 Å². The van der Waals surface area contributed by atoms with Crippen LogP contribution in [0, 0.1) is 17.0 Å². The van der Waals surface area contributed by atoms with E-state index in [0.717, 1.165) is 10.0 Å². The maximum Gasteiger partial charge on any atom is 0.331 e. The van der Waals surface area contributed by atoms with E-state index in [-0.39, 0.29) is 11.6 Å². The average Bonchev–Trinajstić information content (AvgIpc) is 2.33. The third-order valence-electron chi connectivity index (χ3n) is 2.24. The number of hydrogen-bond donors (Lipinski definition) is 0. The second-order valence-electron chi connectivity index (χ2n) is 3.62. The van der Waals surface area contributed by atoms with Crippen molar-refractivity contribution in [1.29, 1.82) is 0 Å². The maximum atomic E-state index is 10.8. The van der Waals surface area contributed by atoms with Crippen molar-refractivity contribution in [2.24, 2.45) is 0 Å². The monoisotopic (exact) mass is 308 g/mol. The summed E-state index contributed by atoms with van der Waals surface area (Å²) < 4.78 is 6.18. The molecule has 5 nitrogen and oxygen atoms in total. The number of halogens is 1. The highest BCUT2D eigenvalue weighted by Crippen LogP contribution is 2.33. The number of aryl methyl sites for hydroxylation is 1. The van der Waals surface area contributed by atoms with Crippen LogP contribution in [0.3, 0.4) is 0 Å². The Morgan fingerprint density at radius 3 is 2.83 bits per heavy atom. The molecular formula is C12H9BrN2O3. The van der Waals surface area contributed by atoms with Crippen LogP contribution in [-0.4, -0.2) is 9.91 Å². The van der Waals surface area contributed by atoms with Gasteiger partial charge in [-0.1, -0.05) is 6.07 Å². The molecule has 1 aromatic heterocycles. The first-order chi connectivity index (χ1) is 8.58. The number of nitro groups is 1. The quantitative estimate of drug-likeness (QED) is 0.638. The molecule has 0 spiro atoms. The van der Waals surface area contributed by atoms with Gasteiger partial charge in [0.05, 0.1) is 9.40 Å². The van der Waals surface area contributed by atoms with Gasteiger partial charge in [0, 0.05) is 12.3 Å². The minimum Gasteiger partial charge on any atom is -0.432 e. The predicted molar refractivity (Wildman–Crippen MR) is 69.8 cm³/mol. The molecule has 0 fully saturated rings. The summed E-state index contributed by atoms with van der Waals surface area (Å²) in [6.07, 6.45) is 1.45. The lowest BCUT2D eigenvalue weighted by atomic mass is 10.2. The van der Waals surface area contributed by atoms with Gasteiger partial charge in [0.1, 0.15) is 5.75 Å². The number of ether oxygens (including phenoxy) is 1. The van der Waals surface area contributed by atoms with Crippen molar-refractivity contribution in [3.8, 4) is 11.6 Å². The molecule has 6 heteroatoms. The van der Waals surface area contributed by atoms with E-state index in [1.807, 2.05) is 19.1 Å². The molecule has 0 saturated carbocycles. The minimum atomic E-state index is -0.523. The van der Waals surface area contributed by atoms with Gasteiger partial charge in [-0.3, -0.25) is 10.1 Å². The number of pyridine rings is 1. The Balaban J connectivity index is 2.37. The first-order valence-electron chi connectivity index (χ1n) is 5.11. The smallest absolute Gasteiger partial charge is 0.331 e. The maximum absolute atomic E-state index is 10.8. The van der Waals surface area contributed by atoms with E-state index in [4.69, 9.17) is 4.74 Å². The first-order valence-corrected chi connectivity index (χ1v) is 5.90. The molecule has 0 N–H and O–H groups in total. The van der Waals surface area contributed by atoms with Gasteiger partial charge in [-0.2, -0.15) is 0 Å². The topological polar surface area (TPSA) is 65.3 Å². The van der Waals surface area contributed by atoms with E-state index in [1.54, 1.807) is 6.07 Å². The molecule has 2 aromatic rings. The zero-order valence-corrected chi connectivity index (χ0v) is 11.0. The predicted octanol–water partition coefficient (Wildman–Crippen LogP) is 3.85. The Morgan fingerprint density at radius 2 is 2.17 bits per heavy atom. The Labute approximate surface area is 112 Å². The molecule has 2 rings (SSSR count). The van der Waals surface area contributed by atoms with Crippen molar-refractivity contribution in [3.05, 3.63) is 56.7 Å². The van der Waals surface area contributed by atoms with Crippen LogP contribution in [0.15, 0.2) is 41.0 Å². The molecule has 92 valence electrons. The Bertz CT molecular complexity index is 602. The molecule has 0 atom stereocenters. The fourth-order valence-electron chi connectivity index (χ4n) is 1.39. The highest BCUT2D eigenvalue weighted by molar-refractivity contribution is 9.10. The molecule has 18 heavy (non-hydrogen) atoms. The third-order valence-corrected chi connectivity index (χ3v) is 2.86. The summed E-state index contributed by atoms with van der Waals surface area (Å²) in [6.45, 7) is 1.94. The molecule has 0 saturated heterocycles. The molecular weight excluding hydrogens is 300 g/mol. The van der Waals surface area contributed by atoms with Crippen LogP contribution in [0.2, 0.25) is 0 Å². The molecule has 0 aliphatic rings. The van der Waals surface area contributed by atoms with Gasteiger partial charge in [-0.05, 0) is 46.6 Å². The number of nitrogens with zero attached hydrogens (tertiary/aromatic N) is 2. The summed E-state index contributed by atoms with van der Waals surface area (Å²) >= 11 is 3.34. The van der Waals surface area contributed by atoms with Crippen LogP contribution >= 0.6 is 15.9 Å². The van der Waals surface area contributed by atoms with Gasteiger partial charge < -0.3 is 4.74 Å². The van der Waals surface area contributed by atoms with Crippen LogP contribution in [0.5, 0.6) is 11.6 Å². The standard InChI is InChI=1S/C12H9BrN2O3/c1-8-4-5-11(9(13)7-8)18-12-10(15(16)17)3-2-6-14-12/h2-7H,1H3. The van der Waals surface area contributed by atoms with E-state index in [2.05, 4.69) is 20.9 Å². The van der Waals surface area contributed by atoms with E-state index in [9.17, 15) is 10.1 Å². The number of benzene rings is 1. The third kappa shape index (κ3) is 2.65. The fourth-order valence-corrected chi connectivity index (χ4v) is 1.97. The van der Waals surface area contributed by atoms with Gasteiger partial charge in [0.25, 0.3) is 5.88 Å². The second kappa shape index (κ2) is 5.14. The normalized spacial score (nSPS) is 10.1. The highest BCUT2D eigenvalue weighted by Gasteiger charge is 2.17.